The minimum absolute atomic E-state index is 0.0851. The monoisotopic (exact) mass is 211 g/mol. The Kier molecular flexibility index (Phi) is 1.99. The van der Waals surface area contributed by atoms with Crippen molar-refractivity contribution in [1.29, 1.82) is 0 Å². The van der Waals surface area contributed by atoms with E-state index in [2.05, 4.69) is 10.2 Å². The van der Waals surface area contributed by atoms with Gasteiger partial charge in [0.25, 0.3) is 0 Å². The summed E-state index contributed by atoms with van der Waals surface area (Å²) in [5.74, 6) is 0.362. The third kappa shape index (κ3) is 1.74. The lowest BCUT2D eigenvalue weighted by molar-refractivity contribution is 0.599. The molecule has 0 aliphatic rings. The van der Waals surface area contributed by atoms with E-state index in [-0.39, 0.29) is 5.75 Å². The molecule has 2 rings (SSSR count). The summed E-state index contributed by atoms with van der Waals surface area (Å²) in [4.78, 5) is 0. The van der Waals surface area contributed by atoms with Gasteiger partial charge in [-0.2, -0.15) is 0 Å². The molecule has 0 saturated heterocycles. The van der Waals surface area contributed by atoms with E-state index in [1.165, 1.54) is 6.26 Å². The van der Waals surface area contributed by atoms with Gasteiger partial charge in [0.15, 0.2) is 21.3 Å². The zero-order valence-electron chi connectivity index (χ0n) is 7.58. The molecule has 0 bridgehead atoms. The molecule has 0 amide bonds. The average molecular weight is 211 g/mol. The molecule has 0 N–H and O–H groups in total. The van der Waals surface area contributed by atoms with Crippen LogP contribution in [0.5, 0.6) is 0 Å². The molecule has 0 unspecified atom stereocenters. The Morgan fingerprint density at radius 3 is 2.86 bits per heavy atom. The average Bonchev–Trinajstić information content (AvgIpc) is 2.47. The zero-order valence-corrected chi connectivity index (χ0v) is 8.40. The minimum atomic E-state index is -3.06. The van der Waals surface area contributed by atoms with Crippen LogP contribution in [0.2, 0.25) is 0 Å². The molecule has 0 saturated carbocycles. The molecule has 6 heteroatoms. The van der Waals surface area contributed by atoms with E-state index in [4.69, 9.17) is 0 Å². The predicted octanol–water partition coefficient (Wildman–Crippen LogP) is 0.274. The lowest BCUT2D eigenvalue weighted by Crippen LogP contribution is -2.04. The van der Waals surface area contributed by atoms with Crippen LogP contribution in [0.25, 0.3) is 5.65 Å². The van der Waals surface area contributed by atoms with Gasteiger partial charge >= 0.3 is 0 Å². The number of hydrogen-bond acceptors (Lipinski definition) is 4. The maximum absolute atomic E-state index is 11.1. The Hall–Kier alpha value is -1.43. The lowest BCUT2D eigenvalue weighted by Gasteiger charge is -1.96. The molecule has 2 heterocycles. The van der Waals surface area contributed by atoms with Crippen LogP contribution >= 0.6 is 0 Å². The Morgan fingerprint density at radius 2 is 2.14 bits per heavy atom. The van der Waals surface area contributed by atoms with Gasteiger partial charge in [-0.25, -0.2) is 8.42 Å². The van der Waals surface area contributed by atoms with Gasteiger partial charge < -0.3 is 0 Å². The van der Waals surface area contributed by atoms with Crippen molar-refractivity contribution >= 4 is 15.5 Å². The Morgan fingerprint density at radius 1 is 1.36 bits per heavy atom. The molecule has 2 aromatic heterocycles. The molecule has 2 aromatic rings. The van der Waals surface area contributed by atoms with Crippen LogP contribution in [0.4, 0.5) is 0 Å². The van der Waals surface area contributed by atoms with Crippen molar-refractivity contribution in [3.05, 3.63) is 30.2 Å². The summed E-state index contributed by atoms with van der Waals surface area (Å²) in [7, 11) is -3.06. The zero-order chi connectivity index (χ0) is 10.2. The van der Waals surface area contributed by atoms with Crippen LogP contribution in [-0.4, -0.2) is 29.3 Å². The van der Waals surface area contributed by atoms with Gasteiger partial charge in [-0.05, 0) is 12.1 Å². The standard InChI is InChI=1S/C8H9N3O2S/c1-14(12,13)6-8-10-9-7-4-2-3-5-11(7)8/h2-5H,6H2,1H3. The molecule has 0 aliphatic carbocycles. The van der Waals surface area contributed by atoms with E-state index >= 15 is 0 Å². The second kappa shape index (κ2) is 3.06. The van der Waals surface area contributed by atoms with Crippen molar-refractivity contribution in [2.24, 2.45) is 0 Å². The SMILES string of the molecule is CS(=O)(=O)Cc1nnc2ccccn12. The first-order valence-electron chi connectivity index (χ1n) is 4.03. The van der Waals surface area contributed by atoms with Gasteiger partial charge in [0.2, 0.25) is 0 Å². The number of fused-ring (bicyclic) bond motifs is 1. The van der Waals surface area contributed by atoms with E-state index in [0.29, 0.717) is 11.5 Å². The highest BCUT2D eigenvalue weighted by Gasteiger charge is 2.10. The molecule has 0 atom stereocenters. The fraction of sp³-hybridized carbons (Fsp3) is 0.250. The van der Waals surface area contributed by atoms with Gasteiger partial charge in [-0.15, -0.1) is 10.2 Å². The van der Waals surface area contributed by atoms with Crippen molar-refractivity contribution in [2.75, 3.05) is 6.26 Å². The van der Waals surface area contributed by atoms with E-state index in [1.54, 1.807) is 16.7 Å². The van der Waals surface area contributed by atoms with Crippen LogP contribution in [0, 0.1) is 0 Å². The van der Waals surface area contributed by atoms with Crippen LogP contribution in [0.1, 0.15) is 5.82 Å². The number of aromatic nitrogens is 3. The van der Waals surface area contributed by atoms with Crippen LogP contribution < -0.4 is 0 Å². The molecule has 0 aromatic carbocycles. The van der Waals surface area contributed by atoms with Gasteiger partial charge in [0.05, 0.1) is 0 Å². The Bertz CT molecular complexity index is 559. The summed E-state index contributed by atoms with van der Waals surface area (Å²) in [6, 6.07) is 5.41. The topological polar surface area (TPSA) is 64.3 Å². The summed E-state index contributed by atoms with van der Waals surface area (Å²) >= 11 is 0. The normalized spacial score (nSPS) is 12.1. The second-order valence-corrected chi connectivity index (χ2v) is 5.26. The van der Waals surface area contributed by atoms with Gasteiger partial charge in [-0.3, -0.25) is 4.40 Å². The van der Waals surface area contributed by atoms with Gasteiger partial charge in [-0.1, -0.05) is 6.07 Å². The molecule has 74 valence electrons. The Labute approximate surface area is 81.3 Å². The van der Waals surface area contributed by atoms with Crippen molar-refractivity contribution < 1.29 is 8.42 Å². The van der Waals surface area contributed by atoms with E-state index in [0.717, 1.165) is 0 Å². The highest BCUT2D eigenvalue weighted by Crippen LogP contribution is 2.05. The van der Waals surface area contributed by atoms with E-state index < -0.39 is 9.84 Å². The molecule has 0 spiro atoms. The van der Waals surface area contributed by atoms with Crippen LogP contribution in [-0.2, 0) is 15.6 Å². The van der Waals surface area contributed by atoms with Gasteiger partial charge in [0.1, 0.15) is 5.75 Å². The highest BCUT2D eigenvalue weighted by atomic mass is 32.2. The van der Waals surface area contributed by atoms with Crippen molar-refractivity contribution in [3.63, 3.8) is 0 Å². The van der Waals surface area contributed by atoms with Gasteiger partial charge in [0, 0.05) is 12.5 Å². The van der Waals surface area contributed by atoms with Crippen LogP contribution in [0.15, 0.2) is 24.4 Å². The largest absolute Gasteiger partial charge is 0.286 e. The first-order valence-corrected chi connectivity index (χ1v) is 6.09. The Balaban J connectivity index is 2.54. The summed E-state index contributed by atoms with van der Waals surface area (Å²) < 4.78 is 23.8. The van der Waals surface area contributed by atoms with Crippen LogP contribution in [0.3, 0.4) is 0 Å². The smallest absolute Gasteiger partial charge is 0.160 e. The summed E-state index contributed by atoms with van der Waals surface area (Å²) in [6.07, 6.45) is 2.92. The molecule has 5 nitrogen and oxygen atoms in total. The first kappa shape index (κ1) is 9.14. The first-order chi connectivity index (χ1) is 6.56. The maximum Gasteiger partial charge on any atom is 0.160 e. The maximum atomic E-state index is 11.1. The number of rotatable bonds is 2. The highest BCUT2D eigenvalue weighted by molar-refractivity contribution is 7.89. The third-order valence-electron chi connectivity index (χ3n) is 1.78. The minimum Gasteiger partial charge on any atom is -0.286 e. The molecule has 0 aliphatic heterocycles. The van der Waals surface area contributed by atoms with Crippen molar-refractivity contribution in [2.45, 2.75) is 5.75 Å². The number of nitrogens with zero attached hydrogens (tertiary/aromatic N) is 3. The van der Waals surface area contributed by atoms with Crippen molar-refractivity contribution in [3.8, 4) is 0 Å². The fourth-order valence-corrected chi connectivity index (χ4v) is 1.89. The quantitative estimate of drug-likeness (QED) is 0.715. The molecular weight excluding hydrogens is 202 g/mol. The second-order valence-electron chi connectivity index (χ2n) is 3.12. The summed E-state index contributed by atoms with van der Waals surface area (Å²) in [6.45, 7) is 0. The molecule has 0 radical (unpaired) electrons. The van der Waals surface area contributed by atoms with Crippen molar-refractivity contribution in [1.82, 2.24) is 14.6 Å². The number of hydrogen-bond donors (Lipinski definition) is 0. The lowest BCUT2D eigenvalue weighted by atomic mass is 10.5. The molecule has 0 fully saturated rings. The third-order valence-corrected chi connectivity index (χ3v) is 2.56. The summed E-state index contributed by atoms with van der Waals surface area (Å²) in [5.41, 5.74) is 0.658. The molecular formula is C8H9N3O2S. The fourth-order valence-electron chi connectivity index (χ4n) is 1.22. The predicted molar refractivity (Wildman–Crippen MR) is 51.5 cm³/mol. The van der Waals surface area contributed by atoms with E-state index in [1.807, 2.05) is 12.1 Å². The summed E-state index contributed by atoms with van der Waals surface area (Å²) in [5, 5.41) is 7.67. The number of sulfone groups is 1. The number of pyridine rings is 1. The molecule has 14 heavy (non-hydrogen) atoms. The van der Waals surface area contributed by atoms with E-state index in [9.17, 15) is 8.42 Å².